The largest absolute Gasteiger partial charge is 0.478 e. The number of carboxylic acids is 1. The van der Waals surface area contributed by atoms with Crippen molar-refractivity contribution < 1.29 is 14.7 Å². The lowest BCUT2D eigenvalue weighted by Crippen LogP contribution is -2.38. The minimum absolute atomic E-state index is 0.0772. The molecule has 0 heterocycles. The Morgan fingerprint density at radius 3 is 2.62 bits per heavy atom. The number of benzene rings is 2. The van der Waals surface area contributed by atoms with Crippen LogP contribution < -0.4 is 5.32 Å². The van der Waals surface area contributed by atoms with Crippen molar-refractivity contribution in [2.24, 2.45) is 0 Å². The van der Waals surface area contributed by atoms with Gasteiger partial charge >= 0.3 is 12.0 Å². The Hall–Kier alpha value is -2.82. The molecule has 124 valence electrons. The fourth-order valence-corrected chi connectivity index (χ4v) is 2.70. The highest BCUT2D eigenvalue weighted by molar-refractivity contribution is 5.89. The fraction of sp³-hybridized carbons (Fsp3) is 0.263. The van der Waals surface area contributed by atoms with E-state index in [0.29, 0.717) is 12.6 Å². The summed E-state index contributed by atoms with van der Waals surface area (Å²) in [7, 11) is 1.81. The summed E-state index contributed by atoms with van der Waals surface area (Å²) in [5, 5.41) is 12.1. The van der Waals surface area contributed by atoms with E-state index in [4.69, 9.17) is 5.11 Å². The summed E-state index contributed by atoms with van der Waals surface area (Å²) in [6, 6.07) is 14.8. The lowest BCUT2D eigenvalue weighted by molar-refractivity contribution is 0.0697. The van der Waals surface area contributed by atoms with E-state index in [1.165, 1.54) is 0 Å². The molecule has 1 aliphatic rings. The molecular weight excluding hydrogens is 304 g/mol. The van der Waals surface area contributed by atoms with Crippen molar-refractivity contribution in [2.45, 2.75) is 25.4 Å². The van der Waals surface area contributed by atoms with E-state index in [1.807, 2.05) is 37.4 Å². The molecule has 0 radical (unpaired) electrons. The quantitative estimate of drug-likeness (QED) is 0.886. The number of nitrogens with one attached hydrogen (secondary N) is 1. The molecule has 0 aliphatic heterocycles. The van der Waals surface area contributed by atoms with E-state index >= 15 is 0 Å². The van der Waals surface area contributed by atoms with Crippen molar-refractivity contribution in [3.63, 3.8) is 0 Å². The average molecular weight is 324 g/mol. The second-order valence-corrected chi connectivity index (χ2v) is 6.04. The Kier molecular flexibility index (Phi) is 4.51. The Bertz CT molecular complexity index is 769. The molecular formula is C19H20N2O3. The monoisotopic (exact) mass is 324 g/mol. The van der Waals surface area contributed by atoms with E-state index in [9.17, 15) is 9.59 Å². The van der Waals surface area contributed by atoms with Crippen molar-refractivity contribution in [3.8, 4) is 11.1 Å². The lowest BCUT2D eigenvalue weighted by atomic mass is 9.98. The highest BCUT2D eigenvalue weighted by Crippen LogP contribution is 2.26. The molecule has 2 N–H and O–H groups in total. The van der Waals surface area contributed by atoms with Gasteiger partial charge in [0, 0.05) is 19.6 Å². The van der Waals surface area contributed by atoms with Crippen molar-refractivity contribution in [2.75, 3.05) is 7.05 Å². The van der Waals surface area contributed by atoms with Gasteiger partial charge in [-0.05, 0) is 41.7 Å². The molecule has 1 saturated carbocycles. The standard InChI is InChI=1S/C19H20N2O3/c1-21(16-9-10-16)19(24)20-12-15-5-2-3-8-17(15)13-6-4-7-14(11-13)18(22)23/h2-8,11,16H,9-10,12H2,1H3,(H,20,24)(H,22,23). The van der Waals surface area contributed by atoms with Gasteiger partial charge in [0.05, 0.1) is 5.56 Å². The average Bonchev–Trinajstić information content (AvgIpc) is 3.44. The highest BCUT2D eigenvalue weighted by Gasteiger charge is 2.29. The first-order valence-electron chi connectivity index (χ1n) is 7.98. The summed E-state index contributed by atoms with van der Waals surface area (Å²) in [6.07, 6.45) is 2.14. The zero-order chi connectivity index (χ0) is 17.1. The minimum Gasteiger partial charge on any atom is -0.478 e. The van der Waals surface area contributed by atoms with Crippen LogP contribution in [0.25, 0.3) is 11.1 Å². The molecule has 0 saturated heterocycles. The van der Waals surface area contributed by atoms with Gasteiger partial charge in [0.1, 0.15) is 0 Å². The van der Waals surface area contributed by atoms with Gasteiger partial charge in [-0.1, -0.05) is 36.4 Å². The predicted molar refractivity (Wildman–Crippen MR) is 91.9 cm³/mol. The maximum Gasteiger partial charge on any atom is 0.335 e. The van der Waals surface area contributed by atoms with Crippen LogP contribution in [-0.4, -0.2) is 35.1 Å². The number of nitrogens with zero attached hydrogens (tertiary/aromatic N) is 1. The van der Waals surface area contributed by atoms with Crippen molar-refractivity contribution in [1.82, 2.24) is 10.2 Å². The third-order valence-corrected chi connectivity index (χ3v) is 4.28. The van der Waals surface area contributed by atoms with Crippen LogP contribution in [0.4, 0.5) is 4.79 Å². The molecule has 1 aliphatic carbocycles. The van der Waals surface area contributed by atoms with Crippen LogP contribution in [0, 0.1) is 0 Å². The molecule has 2 aromatic rings. The highest BCUT2D eigenvalue weighted by atomic mass is 16.4. The van der Waals surface area contributed by atoms with Gasteiger partial charge in [0.25, 0.3) is 0 Å². The molecule has 0 spiro atoms. The zero-order valence-electron chi connectivity index (χ0n) is 13.5. The molecule has 0 aromatic heterocycles. The second kappa shape index (κ2) is 6.74. The number of aromatic carboxylic acids is 1. The summed E-state index contributed by atoms with van der Waals surface area (Å²) < 4.78 is 0. The molecule has 1 fully saturated rings. The number of hydrogen-bond donors (Lipinski definition) is 2. The van der Waals surface area contributed by atoms with Gasteiger partial charge in [-0.3, -0.25) is 0 Å². The first-order chi connectivity index (χ1) is 11.6. The molecule has 3 rings (SSSR count). The zero-order valence-corrected chi connectivity index (χ0v) is 13.5. The molecule has 5 heteroatoms. The number of carbonyl (C=O) groups is 2. The van der Waals surface area contributed by atoms with Crippen LogP contribution >= 0.6 is 0 Å². The maximum atomic E-state index is 12.1. The van der Waals surface area contributed by atoms with Crippen LogP contribution in [0.2, 0.25) is 0 Å². The molecule has 0 unspecified atom stereocenters. The van der Waals surface area contributed by atoms with Crippen LogP contribution in [-0.2, 0) is 6.54 Å². The summed E-state index contributed by atoms with van der Waals surface area (Å²) in [5.74, 6) is -0.950. The minimum atomic E-state index is -0.950. The summed E-state index contributed by atoms with van der Waals surface area (Å²) in [5.41, 5.74) is 2.96. The molecule has 24 heavy (non-hydrogen) atoms. The van der Waals surface area contributed by atoms with E-state index in [0.717, 1.165) is 29.5 Å². The van der Waals surface area contributed by atoms with Gasteiger partial charge in [0.15, 0.2) is 0 Å². The molecule has 2 amide bonds. The topological polar surface area (TPSA) is 69.6 Å². The van der Waals surface area contributed by atoms with E-state index in [-0.39, 0.29) is 11.6 Å². The van der Waals surface area contributed by atoms with Crippen LogP contribution in [0.1, 0.15) is 28.8 Å². The molecule has 5 nitrogen and oxygen atoms in total. The number of carbonyl (C=O) groups excluding carboxylic acids is 1. The Balaban J connectivity index is 1.79. The summed E-state index contributed by atoms with van der Waals surface area (Å²) in [4.78, 5) is 25.0. The SMILES string of the molecule is CN(C(=O)NCc1ccccc1-c1cccc(C(=O)O)c1)C1CC1. The van der Waals surface area contributed by atoms with Crippen LogP contribution in [0.15, 0.2) is 48.5 Å². The lowest BCUT2D eigenvalue weighted by Gasteiger charge is -2.18. The number of urea groups is 1. The smallest absolute Gasteiger partial charge is 0.335 e. The van der Waals surface area contributed by atoms with Crippen LogP contribution in [0.5, 0.6) is 0 Å². The number of carboxylic acid groups (broad SMARTS) is 1. The number of hydrogen-bond acceptors (Lipinski definition) is 2. The summed E-state index contributed by atoms with van der Waals surface area (Å²) >= 11 is 0. The van der Waals surface area contributed by atoms with Gasteiger partial charge in [-0.2, -0.15) is 0 Å². The van der Waals surface area contributed by atoms with E-state index < -0.39 is 5.97 Å². The van der Waals surface area contributed by atoms with E-state index in [1.54, 1.807) is 23.1 Å². The molecule has 0 bridgehead atoms. The van der Waals surface area contributed by atoms with Gasteiger partial charge in [-0.15, -0.1) is 0 Å². The van der Waals surface area contributed by atoms with Gasteiger partial charge in [-0.25, -0.2) is 9.59 Å². The third-order valence-electron chi connectivity index (χ3n) is 4.28. The van der Waals surface area contributed by atoms with Crippen molar-refractivity contribution >= 4 is 12.0 Å². The normalized spacial score (nSPS) is 13.4. The summed E-state index contributed by atoms with van der Waals surface area (Å²) in [6.45, 7) is 0.406. The second-order valence-electron chi connectivity index (χ2n) is 6.04. The van der Waals surface area contributed by atoms with E-state index in [2.05, 4.69) is 5.32 Å². The van der Waals surface area contributed by atoms with Crippen LogP contribution in [0.3, 0.4) is 0 Å². The first-order valence-corrected chi connectivity index (χ1v) is 7.98. The third kappa shape index (κ3) is 3.56. The van der Waals surface area contributed by atoms with Gasteiger partial charge < -0.3 is 15.3 Å². The van der Waals surface area contributed by atoms with Gasteiger partial charge in [0.2, 0.25) is 0 Å². The Morgan fingerprint density at radius 2 is 1.92 bits per heavy atom. The first kappa shape index (κ1) is 16.1. The Labute approximate surface area is 140 Å². The fourth-order valence-electron chi connectivity index (χ4n) is 2.70. The molecule has 0 atom stereocenters. The Morgan fingerprint density at radius 1 is 1.17 bits per heavy atom. The predicted octanol–water partition coefficient (Wildman–Crippen LogP) is 3.36. The number of amides is 2. The van der Waals surface area contributed by atoms with Crippen molar-refractivity contribution in [3.05, 3.63) is 59.7 Å². The number of rotatable bonds is 5. The molecule has 2 aromatic carbocycles. The maximum absolute atomic E-state index is 12.1. The van der Waals surface area contributed by atoms with Crippen molar-refractivity contribution in [1.29, 1.82) is 0 Å².